The molecule has 1 aliphatic heterocycles. The van der Waals surface area contributed by atoms with Crippen molar-refractivity contribution in [3.8, 4) is 0 Å². The molecule has 1 saturated heterocycles. The number of nitrogens with zero attached hydrogens (tertiary/aromatic N) is 1. The molecule has 0 aliphatic carbocycles. The lowest BCUT2D eigenvalue weighted by Gasteiger charge is -2.27. The van der Waals surface area contributed by atoms with E-state index >= 15 is 0 Å². The van der Waals surface area contributed by atoms with Gasteiger partial charge in [0.15, 0.2) is 11.9 Å². The second-order valence-electron chi connectivity index (χ2n) is 2.95. The third-order valence-corrected chi connectivity index (χ3v) is 1.94. The van der Waals surface area contributed by atoms with Crippen molar-refractivity contribution in [1.29, 1.82) is 0 Å². The zero-order valence-corrected chi connectivity index (χ0v) is 7.52. The molecule has 1 aliphatic rings. The Hall–Kier alpha value is -0.940. The number of hydrogen-bond acceptors (Lipinski definition) is 4. The molecule has 1 atom stereocenters. The number of carbonyl (C=O) groups excluding carboxylic acids is 2. The van der Waals surface area contributed by atoms with E-state index in [0.717, 1.165) is 0 Å². The van der Waals surface area contributed by atoms with Crippen LogP contribution < -0.4 is 0 Å². The largest absolute Gasteiger partial charge is 0.378 e. The van der Waals surface area contributed by atoms with Crippen molar-refractivity contribution in [3.05, 3.63) is 0 Å². The molecule has 0 bridgehead atoms. The number of aliphatic hydroxyl groups excluding tert-OH is 1. The molecule has 1 amide bonds. The summed E-state index contributed by atoms with van der Waals surface area (Å²) in [6.07, 6.45) is -1.50. The molecular formula is C8H13NO4. The van der Waals surface area contributed by atoms with Crippen molar-refractivity contribution in [2.24, 2.45) is 0 Å². The zero-order valence-electron chi connectivity index (χ0n) is 7.52. The van der Waals surface area contributed by atoms with E-state index in [0.29, 0.717) is 26.3 Å². The van der Waals surface area contributed by atoms with Crippen molar-refractivity contribution < 1.29 is 19.4 Å². The van der Waals surface area contributed by atoms with Gasteiger partial charge in [0.25, 0.3) is 5.91 Å². The number of ketones is 1. The monoisotopic (exact) mass is 187 g/mol. The summed E-state index contributed by atoms with van der Waals surface area (Å²) in [5, 5.41) is 9.17. The van der Waals surface area contributed by atoms with E-state index < -0.39 is 17.8 Å². The third kappa shape index (κ3) is 2.50. The van der Waals surface area contributed by atoms with Crippen LogP contribution in [0.2, 0.25) is 0 Å². The molecule has 0 aromatic rings. The Morgan fingerprint density at radius 3 is 2.38 bits per heavy atom. The Labute approximate surface area is 76.3 Å². The number of hydrogen-bond donors (Lipinski definition) is 1. The van der Waals surface area contributed by atoms with Gasteiger partial charge in [-0.25, -0.2) is 0 Å². The SMILES string of the molecule is CC(=O)C(O)C(=O)N1CCOCC1. The second kappa shape index (κ2) is 4.34. The molecule has 0 radical (unpaired) electrons. The lowest BCUT2D eigenvalue weighted by atomic mass is 10.2. The van der Waals surface area contributed by atoms with Gasteiger partial charge in [0.1, 0.15) is 0 Å². The van der Waals surface area contributed by atoms with Crippen LogP contribution in [0.3, 0.4) is 0 Å². The minimum Gasteiger partial charge on any atom is -0.378 e. The van der Waals surface area contributed by atoms with Crippen LogP contribution in [0, 0.1) is 0 Å². The van der Waals surface area contributed by atoms with Crippen LogP contribution in [0.5, 0.6) is 0 Å². The molecule has 0 aromatic carbocycles. The highest BCUT2D eigenvalue weighted by Crippen LogP contribution is 2.01. The number of Topliss-reactive ketones (excluding diaryl/α,β-unsaturated/α-hetero) is 1. The number of amides is 1. The summed E-state index contributed by atoms with van der Waals surface area (Å²) in [5.41, 5.74) is 0. The smallest absolute Gasteiger partial charge is 0.259 e. The first-order chi connectivity index (χ1) is 6.13. The van der Waals surface area contributed by atoms with Crippen LogP contribution in [0.15, 0.2) is 0 Å². The highest BCUT2D eigenvalue weighted by Gasteiger charge is 2.26. The molecule has 0 saturated carbocycles. The van der Waals surface area contributed by atoms with Gasteiger partial charge >= 0.3 is 0 Å². The van der Waals surface area contributed by atoms with Gasteiger partial charge in [0, 0.05) is 13.1 Å². The van der Waals surface area contributed by atoms with E-state index in [-0.39, 0.29) is 0 Å². The first-order valence-electron chi connectivity index (χ1n) is 4.18. The summed E-state index contributed by atoms with van der Waals surface area (Å²) >= 11 is 0. The van der Waals surface area contributed by atoms with Crippen LogP contribution in [-0.2, 0) is 14.3 Å². The highest BCUT2D eigenvalue weighted by atomic mass is 16.5. The Morgan fingerprint density at radius 1 is 1.38 bits per heavy atom. The van der Waals surface area contributed by atoms with Gasteiger partial charge in [0.2, 0.25) is 0 Å². The Morgan fingerprint density at radius 2 is 1.92 bits per heavy atom. The number of ether oxygens (including phenoxy) is 1. The van der Waals surface area contributed by atoms with E-state index in [4.69, 9.17) is 9.84 Å². The predicted octanol–water partition coefficient (Wildman–Crippen LogP) is -1.20. The molecule has 74 valence electrons. The van der Waals surface area contributed by atoms with Crippen molar-refractivity contribution in [2.45, 2.75) is 13.0 Å². The Bertz CT molecular complexity index is 210. The Balaban J connectivity index is 2.50. The molecule has 5 heteroatoms. The minimum absolute atomic E-state index is 0.448. The topological polar surface area (TPSA) is 66.8 Å². The van der Waals surface area contributed by atoms with E-state index in [2.05, 4.69) is 0 Å². The fourth-order valence-electron chi connectivity index (χ4n) is 1.13. The lowest BCUT2D eigenvalue weighted by Crippen LogP contribution is -2.47. The summed E-state index contributed by atoms with van der Waals surface area (Å²) in [6.45, 7) is 3.03. The minimum atomic E-state index is -1.50. The average molecular weight is 187 g/mol. The third-order valence-electron chi connectivity index (χ3n) is 1.94. The summed E-state index contributed by atoms with van der Waals surface area (Å²) in [4.78, 5) is 23.5. The maximum atomic E-state index is 11.3. The lowest BCUT2D eigenvalue weighted by molar-refractivity contribution is -0.149. The quantitative estimate of drug-likeness (QED) is 0.551. The van der Waals surface area contributed by atoms with Gasteiger partial charge < -0.3 is 14.7 Å². The summed E-state index contributed by atoms with van der Waals surface area (Å²) in [7, 11) is 0. The molecule has 5 nitrogen and oxygen atoms in total. The van der Waals surface area contributed by atoms with Gasteiger partial charge in [0.05, 0.1) is 13.2 Å². The Kier molecular flexibility index (Phi) is 3.39. The van der Waals surface area contributed by atoms with Crippen LogP contribution in [0.4, 0.5) is 0 Å². The van der Waals surface area contributed by atoms with Crippen molar-refractivity contribution >= 4 is 11.7 Å². The standard InChI is InChI=1S/C8H13NO4/c1-6(10)7(11)8(12)9-2-4-13-5-3-9/h7,11H,2-5H2,1H3. The van der Waals surface area contributed by atoms with Crippen molar-refractivity contribution in [3.63, 3.8) is 0 Å². The molecule has 0 spiro atoms. The van der Waals surface area contributed by atoms with Gasteiger partial charge in [-0.1, -0.05) is 0 Å². The van der Waals surface area contributed by atoms with Gasteiger partial charge in [-0.05, 0) is 6.92 Å². The molecule has 13 heavy (non-hydrogen) atoms. The molecule has 1 rings (SSSR count). The molecule has 1 unspecified atom stereocenters. The molecule has 1 fully saturated rings. The predicted molar refractivity (Wildman–Crippen MR) is 44.1 cm³/mol. The molecule has 1 heterocycles. The van der Waals surface area contributed by atoms with Crippen molar-refractivity contribution in [2.75, 3.05) is 26.3 Å². The number of morpholine rings is 1. The van der Waals surface area contributed by atoms with Crippen LogP contribution in [0.25, 0.3) is 0 Å². The van der Waals surface area contributed by atoms with Crippen molar-refractivity contribution in [1.82, 2.24) is 4.90 Å². The van der Waals surface area contributed by atoms with E-state index in [1.807, 2.05) is 0 Å². The summed E-state index contributed by atoms with van der Waals surface area (Å²) < 4.78 is 5.03. The number of aliphatic hydroxyl groups is 1. The second-order valence-corrected chi connectivity index (χ2v) is 2.95. The van der Waals surface area contributed by atoms with Gasteiger partial charge in [-0.15, -0.1) is 0 Å². The van der Waals surface area contributed by atoms with Crippen LogP contribution in [0.1, 0.15) is 6.92 Å². The normalized spacial score (nSPS) is 19.7. The number of carbonyl (C=O) groups is 2. The maximum Gasteiger partial charge on any atom is 0.259 e. The first kappa shape index (κ1) is 10.1. The van der Waals surface area contributed by atoms with Gasteiger partial charge in [-0.2, -0.15) is 0 Å². The average Bonchev–Trinajstić information content (AvgIpc) is 2.17. The fraction of sp³-hybridized carbons (Fsp3) is 0.750. The molecule has 1 N–H and O–H groups in total. The van der Waals surface area contributed by atoms with Crippen LogP contribution in [-0.4, -0.2) is 54.1 Å². The zero-order chi connectivity index (χ0) is 9.84. The highest BCUT2D eigenvalue weighted by molar-refractivity contribution is 6.02. The maximum absolute atomic E-state index is 11.3. The van der Waals surface area contributed by atoms with Crippen LogP contribution >= 0.6 is 0 Å². The molecular weight excluding hydrogens is 174 g/mol. The molecule has 0 aromatic heterocycles. The van der Waals surface area contributed by atoms with E-state index in [1.165, 1.54) is 11.8 Å². The first-order valence-corrected chi connectivity index (χ1v) is 4.18. The number of rotatable bonds is 2. The van der Waals surface area contributed by atoms with E-state index in [9.17, 15) is 9.59 Å². The fourth-order valence-corrected chi connectivity index (χ4v) is 1.13. The summed E-state index contributed by atoms with van der Waals surface area (Å²) in [6, 6.07) is 0. The summed E-state index contributed by atoms with van der Waals surface area (Å²) in [5.74, 6) is -1.03. The van der Waals surface area contributed by atoms with Gasteiger partial charge in [-0.3, -0.25) is 9.59 Å². The van der Waals surface area contributed by atoms with E-state index in [1.54, 1.807) is 0 Å².